The maximum absolute atomic E-state index is 12.0. The Bertz CT molecular complexity index is 248. The van der Waals surface area contributed by atoms with Crippen molar-refractivity contribution in [2.45, 2.75) is 39.2 Å². The largest absolute Gasteiger partial charge is 0.411 e. The van der Waals surface area contributed by atoms with E-state index in [-0.39, 0.29) is 0 Å². The number of hydrogen-bond donors (Lipinski definition) is 0. The third kappa shape index (κ3) is 4.08. The molecule has 0 aromatic heterocycles. The number of rotatable bonds is 2. The first-order valence-corrected chi connectivity index (χ1v) is 6.72. The summed E-state index contributed by atoms with van der Waals surface area (Å²) in [6.07, 6.45) is -5.56. The van der Waals surface area contributed by atoms with Crippen LogP contribution in [0, 0.1) is 0 Å². The van der Waals surface area contributed by atoms with Crippen LogP contribution in [0.5, 0.6) is 0 Å². The molecular formula is C8H8Cl5F3O. The highest BCUT2D eigenvalue weighted by atomic mass is 35.5. The Morgan fingerprint density at radius 1 is 0.765 bits per heavy atom. The first kappa shape index (κ1) is 16.3. The minimum absolute atomic E-state index is 0.728. The van der Waals surface area contributed by atoms with E-state index in [1.807, 2.05) is 0 Å². The Morgan fingerprint density at radius 2 is 1.12 bits per heavy atom. The number of ether oxygens (including phenoxy) is 1. The predicted molar refractivity (Wildman–Crippen MR) is 64.0 cm³/mol. The Balaban J connectivity index is 2.69. The highest BCUT2D eigenvalue weighted by molar-refractivity contribution is 6.41. The van der Waals surface area contributed by atoms with Gasteiger partial charge in [-0.1, -0.05) is 0 Å². The third-order valence-electron chi connectivity index (χ3n) is 2.28. The van der Waals surface area contributed by atoms with Gasteiger partial charge in [0.25, 0.3) is 0 Å². The fourth-order valence-electron chi connectivity index (χ4n) is 1.44. The summed E-state index contributed by atoms with van der Waals surface area (Å²) in [6, 6.07) is 0. The summed E-state index contributed by atoms with van der Waals surface area (Å²) in [6.45, 7) is -1.45. The van der Waals surface area contributed by atoms with Crippen molar-refractivity contribution in [3.05, 3.63) is 0 Å². The third-order valence-corrected chi connectivity index (χ3v) is 5.47. The summed E-state index contributed by atoms with van der Waals surface area (Å²) in [7, 11) is 0. The molecule has 102 valence electrons. The standard InChI is InChI=1S/C8H8Cl5F3O/c9-2-3(10)5(12)7(6(13)4(2)11)17-1-8(14,15)16/h2-7H,1H2/t2?,3-,4-,5+,6+,7?/m0/s1. The van der Waals surface area contributed by atoms with Crippen molar-refractivity contribution in [3.8, 4) is 0 Å². The van der Waals surface area contributed by atoms with E-state index in [9.17, 15) is 13.2 Å². The molecule has 1 saturated carbocycles. The molecule has 0 saturated heterocycles. The van der Waals surface area contributed by atoms with Gasteiger partial charge in [0, 0.05) is 0 Å². The molecule has 9 heteroatoms. The van der Waals surface area contributed by atoms with E-state index in [4.69, 9.17) is 58.0 Å². The van der Waals surface area contributed by atoms with Crippen LogP contribution < -0.4 is 0 Å². The van der Waals surface area contributed by atoms with E-state index in [2.05, 4.69) is 4.74 Å². The van der Waals surface area contributed by atoms with Gasteiger partial charge in [-0.25, -0.2) is 0 Å². The average molecular weight is 354 g/mol. The summed E-state index contributed by atoms with van der Waals surface area (Å²) in [4.78, 5) is 0. The summed E-state index contributed by atoms with van der Waals surface area (Å²) in [5.41, 5.74) is 0. The smallest absolute Gasteiger partial charge is 0.366 e. The zero-order valence-electron chi connectivity index (χ0n) is 8.10. The van der Waals surface area contributed by atoms with E-state index >= 15 is 0 Å². The molecule has 1 aliphatic carbocycles. The second-order valence-corrected chi connectivity index (χ2v) is 6.13. The van der Waals surface area contributed by atoms with Crippen molar-refractivity contribution in [2.24, 2.45) is 0 Å². The highest BCUT2D eigenvalue weighted by Gasteiger charge is 2.49. The monoisotopic (exact) mass is 352 g/mol. The highest BCUT2D eigenvalue weighted by Crippen LogP contribution is 2.39. The van der Waals surface area contributed by atoms with Crippen molar-refractivity contribution in [2.75, 3.05) is 6.61 Å². The molecule has 0 amide bonds. The molecule has 0 heterocycles. The number of alkyl halides is 8. The van der Waals surface area contributed by atoms with Crippen LogP contribution in [0.3, 0.4) is 0 Å². The normalized spacial score (nSPS) is 43.8. The van der Waals surface area contributed by atoms with Crippen molar-refractivity contribution < 1.29 is 17.9 Å². The van der Waals surface area contributed by atoms with Crippen LogP contribution in [0.25, 0.3) is 0 Å². The molecule has 0 spiro atoms. The van der Waals surface area contributed by atoms with Crippen molar-refractivity contribution in [1.29, 1.82) is 0 Å². The molecule has 0 aromatic rings. The van der Waals surface area contributed by atoms with Gasteiger partial charge in [0.1, 0.15) is 6.61 Å². The SMILES string of the molecule is FC(F)(F)COC1[C@H](Cl)[C@@H](Cl)C(Cl)[C@H](Cl)[C@H]1Cl. The molecule has 0 bridgehead atoms. The second kappa shape index (κ2) is 6.10. The molecule has 0 aromatic carbocycles. The molecule has 0 N–H and O–H groups in total. The molecule has 0 aliphatic heterocycles. The van der Waals surface area contributed by atoms with Gasteiger partial charge in [0.15, 0.2) is 0 Å². The Hall–Kier alpha value is 1.20. The zero-order valence-corrected chi connectivity index (χ0v) is 11.9. The van der Waals surface area contributed by atoms with Crippen LogP contribution in [0.1, 0.15) is 0 Å². The topological polar surface area (TPSA) is 9.23 Å². The van der Waals surface area contributed by atoms with Gasteiger partial charge in [-0.2, -0.15) is 13.2 Å². The number of halogens is 8. The Labute approximate surface area is 121 Å². The van der Waals surface area contributed by atoms with Crippen LogP contribution in [-0.2, 0) is 4.74 Å². The molecule has 17 heavy (non-hydrogen) atoms. The van der Waals surface area contributed by atoms with Gasteiger partial charge in [0.2, 0.25) is 0 Å². The summed E-state index contributed by atoms with van der Waals surface area (Å²) < 4.78 is 40.7. The van der Waals surface area contributed by atoms with Gasteiger partial charge in [-0.15, -0.1) is 58.0 Å². The van der Waals surface area contributed by atoms with E-state index in [0.29, 0.717) is 0 Å². The van der Waals surface area contributed by atoms with E-state index < -0.39 is 45.8 Å². The molecule has 1 aliphatic rings. The lowest BCUT2D eigenvalue weighted by molar-refractivity contribution is -0.186. The lowest BCUT2D eigenvalue weighted by Crippen LogP contribution is -2.55. The van der Waals surface area contributed by atoms with Crippen LogP contribution in [-0.4, -0.2) is 45.8 Å². The summed E-state index contributed by atoms with van der Waals surface area (Å²) in [5.74, 6) is 0. The Kier molecular flexibility index (Phi) is 5.83. The van der Waals surface area contributed by atoms with Crippen molar-refractivity contribution in [3.63, 3.8) is 0 Å². The summed E-state index contributed by atoms with van der Waals surface area (Å²) >= 11 is 29.3. The number of hydrogen-bond acceptors (Lipinski definition) is 1. The molecule has 0 radical (unpaired) electrons. The molecule has 1 nitrogen and oxygen atoms in total. The lowest BCUT2D eigenvalue weighted by atomic mass is 9.95. The maximum Gasteiger partial charge on any atom is 0.411 e. The van der Waals surface area contributed by atoms with E-state index in [0.717, 1.165) is 0 Å². The fraction of sp³-hybridized carbons (Fsp3) is 1.00. The van der Waals surface area contributed by atoms with Crippen LogP contribution in [0.15, 0.2) is 0 Å². The van der Waals surface area contributed by atoms with Crippen LogP contribution >= 0.6 is 58.0 Å². The van der Waals surface area contributed by atoms with Gasteiger partial charge >= 0.3 is 6.18 Å². The van der Waals surface area contributed by atoms with Gasteiger partial charge in [-0.05, 0) is 0 Å². The van der Waals surface area contributed by atoms with Crippen molar-refractivity contribution >= 4 is 58.0 Å². The minimum atomic E-state index is -4.46. The maximum atomic E-state index is 12.0. The average Bonchev–Trinajstić information content (AvgIpc) is 2.22. The quantitative estimate of drug-likeness (QED) is 0.682. The van der Waals surface area contributed by atoms with Crippen LogP contribution in [0.4, 0.5) is 13.2 Å². The molecule has 1 rings (SSSR count). The van der Waals surface area contributed by atoms with Crippen molar-refractivity contribution in [1.82, 2.24) is 0 Å². The van der Waals surface area contributed by atoms with E-state index in [1.54, 1.807) is 0 Å². The molecule has 4 atom stereocenters. The van der Waals surface area contributed by atoms with Gasteiger partial charge in [0.05, 0.1) is 33.0 Å². The van der Waals surface area contributed by atoms with E-state index in [1.165, 1.54) is 0 Å². The first-order valence-electron chi connectivity index (χ1n) is 4.54. The lowest BCUT2D eigenvalue weighted by Gasteiger charge is -2.40. The molecule has 1 fully saturated rings. The zero-order chi connectivity index (χ0) is 13.4. The van der Waals surface area contributed by atoms with Gasteiger partial charge in [-0.3, -0.25) is 0 Å². The predicted octanol–water partition coefficient (Wildman–Crippen LogP) is 3.98. The molecule has 0 unspecified atom stereocenters. The first-order chi connectivity index (χ1) is 7.65. The molecular weight excluding hydrogens is 346 g/mol. The van der Waals surface area contributed by atoms with Crippen LogP contribution in [0.2, 0.25) is 0 Å². The Morgan fingerprint density at radius 3 is 1.47 bits per heavy atom. The fourth-order valence-corrected chi connectivity index (χ4v) is 3.42. The minimum Gasteiger partial charge on any atom is -0.366 e. The summed E-state index contributed by atoms with van der Waals surface area (Å²) in [5, 5.41) is -4.21. The second-order valence-electron chi connectivity index (χ2n) is 3.61. The van der Waals surface area contributed by atoms with Gasteiger partial charge < -0.3 is 4.74 Å².